The Morgan fingerprint density at radius 2 is 1.54 bits per heavy atom. The second-order valence-electron chi connectivity index (χ2n) is 11.0. The van der Waals surface area contributed by atoms with Crippen LogP contribution >= 0.6 is 23.2 Å². The van der Waals surface area contributed by atoms with Gasteiger partial charge in [0.05, 0.1) is 35.8 Å². The molecule has 5 aromatic rings. The predicted octanol–water partition coefficient (Wildman–Crippen LogP) is 6.95. The molecule has 0 radical (unpaired) electrons. The maximum Gasteiger partial charge on any atom is 0.330 e. The van der Waals surface area contributed by atoms with Gasteiger partial charge in [-0.15, -0.1) is 0 Å². The van der Waals surface area contributed by atoms with Gasteiger partial charge in [0.15, 0.2) is 0 Å². The number of benzene rings is 4. The average molecular weight is 675 g/mol. The quantitative estimate of drug-likeness (QED) is 0.194. The summed E-state index contributed by atoms with van der Waals surface area (Å²) in [6.07, 6.45) is 3.49. The van der Waals surface area contributed by atoms with Crippen molar-refractivity contribution in [3.05, 3.63) is 131 Å². The van der Waals surface area contributed by atoms with E-state index in [2.05, 4.69) is 58.2 Å². The zero-order valence-corrected chi connectivity index (χ0v) is 26.8. The van der Waals surface area contributed by atoms with Gasteiger partial charge in [-0.3, -0.25) is 0 Å². The summed E-state index contributed by atoms with van der Waals surface area (Å²) in [6.45, 7) is 3.30. The molecule has 9 nitrogen and oxygen atoms in total. The number of hydrogen-bond acceptors (Lipinski definition) is 6. The van der Waals surface area contributed by atoms with Crippen LogP contribution in [0.15, 0.2) is 109 Å². The first-order chi connectivity index (χ1) is 22.2. The van der Waals surface area contributed by atoms with Crippen molar-refractivity contribution in [2.75, 3.05) is 35.5 Å². The van der Waals surface area contributed by atoms with Crippen LogP contribution in [-0.4, -0.2) is 49.4 Å². The molecular weight excluding hydrogens is 645 g/mol. The van der Waals surface area contributed by atoms with Crippen LogP contribution in [0.1, 0.15) is 11.4 Å². The standard InChI is InChI=1S/C34H29Cl2N5O4S/c35-26-10-13-30(31(36)19-26)32-21-40(28-2-1-3-29(20-28)41-22-34(42)38-46(41,43)44)33(37-32)18-23-4-6-24(7-5-23)25-8-11-27(12-9-25)39-14-16-45-17-15-39/h1-13,19-22,38,42H,14-18H2. The Morgan fingerprint density at radius 3 is 2.22 bits per heavy atom. The zero-order valence-electron chi connectivity index (χ0n) is 24.5. The number of aliphatic hydroxyl groups is 1. The molecule has 0 aliphatic carbocycles. The first kappa shape index (κ1) is 30.2. The van der Waals surface area contributed by atoms with Crippen molar-refractivity contribution in [1.82, 2.24) is 14.3 Å². The summed E-state index contributed by atoms with van der Waals surface area (Å²) in [5.41, 5.74) is 6.88. The number of ether oxygens (including phenoxy) is 1. The lowest BCUT2D eigenvalue weighted by molar-refractivity contribution is 0.122. The summed E-state index contributed by atoms with van der Waals surface area (Å²) >= 11 is 12.7. The lowest BCUT2D eigenvalue weighted by atomic mass is 10.0. The fraction of sp³-hybridized carbons (Fsp3) is 0.147. The first-order valence-electron chi connectivity index (χ1n) is 14.6. The second kappa shape index (κ2) is 12.4. The molecule has 0 bridgehead atoms. The van der Waals surface area contributed by atoms with E-state index < -0.39 is 16.1 Å². The summed E-state index contributed by atoms with van der Waals surface area (Å²) in [7, 11) is -3.95. The molecule has 234 valence electrons. The molecule has 1 fully saturated rings. The molecule has 2 aliphatic rings. The van der Waals surface area contributed by atoms with E-state index in [9.17, 15) is 13.5 Å². The van der Waals surface area contributed by atoms with E-state index in [1.165, 1.54) is 5.69 Å². The second-order valence-corrected chi connectivity index (χ2v) is 13.4. The van der Waals surface area contributed by atoms with Crippen LogP contribution in [0.3, 0.4) is 0 Å². The Balaban J connectivity index is 1.20. The highest BCUT2D eigenvalue weighted by Crippen LogP contribution is 2.33. The van der Waals surface area contributed by atoms with Gasteiger partial charge >= 0.3 is 10.2 Å². The van der Waals surface area contributed by atoms with Crippen molar-refractivity contribution in [2.45, 2.75) is 6.42 Å². The number of nitrogens with one attached hydrogen (secondary N) is 1. The van der Waals surface area contributed by atoms with E-state index in [4.69, 9.17) is 32.9 Å². The normalized spacial score (nSPS) is 15.9. The third kappa shape index (κ3) is 6.17. The Hall–Kier alpha value is -4.48. The van der Waals surface area contributed by atoms with Crippen molar-refractivity contribution < 1.29 is 18.3 Å². The molecule has 0 saturated carbocycles. The third-order valence-corrected chi connectivity index (χ3v) is 9.82. The van der Waals surface area contributed by atoms with E-state index in [1.807, 2.05) is 22.9 Å². The zero-order chi connectivity index (χ0) is 31.8. The van der Waals surface area contributed by atoms with E-state index in [0.717, 1.165) is 64.9 Å². The maximum absolute atomic E-state index is 12.6. The van der Waals surface area contributed by atoms with E-state index in [-0.39, 0.29) is 0 Å². The topological polar surface area (TPSA) is 99.9 Å². The number of aliphatic hydroxyl groups excluding tert-OH is 1. The van der Waals surface area contributed by atoms with Crippen LogP contribution in [0.4, 0.5) is 11.4 Å². The molecular formula is C34H29Cl2N5O4S. The Bertz CT molecular complexity index is 2040. The summed E-state index contributed by atoms with van der Waals surface area (Å²) < 4.78 is 35.6. The molecule has 1 saturated heterocycles. The average Bonchev–Trinajstić information content (AvgIpc) is 3.60. The van der Waals surface area contributed by atoms with Crippen LogP contribution in [0.5, 0.6) is 0 Å². The van der Waals surface area contributed by atoms with Crippen LogP contribution < -0.4 is 13.9 Å². The molecule has 1 aromatic heterocycles. The van der Waals surface area contributed by atoms with Crippen LogP contribution in [0.25, 0.3) is 28.1 Å². The monoisotopic (exact) mass is 673 g/mol. The fourth-order valence-corrected chi connectivity index (χ4v) is 7.21. The molecule has 0 spiro atoms. The number of halogens is 2. The van der Waals surface area contributed by atoms with Crippen molar-refractivity contribution >= 4 is 44.8 Å². The molecule has 7 rings (SSSR count). The molecule has 12 heteroatoms. The van der Waals surface area contributed by atoms with Gasteiger partial charge < -0.3 is 19.3 Å². The number of imidazole rings is 1. The van der Waals surface area contributed by atoms with Gasteiger partial charge in [-0.2, -0.15) is 8.42 Å². The minimum atomic E-state index is -3.95. The third-order valence-electron chi connectivity index (χ3n) is 7.97. The minimum Gasteiger partial charge on any atom is -0.493 e. The van der Waals surface area contributed by atoms with Crippen LogP contribution in [-0.2, 0) is 21.4 Å². The van der Waals surface area contributed by atoms with Gasteiger partial charge in [0.1, 0.15) is 5.82 Å². The Labute approximate surface area is 277 Å². The van der Waals surface area contributed by atoms with Crippen molar-refractivity contribution in [3.63, 3.8) is 0 Å². The number of aromatic nitrogens is 2. The van der Waals surface area contributed by atoms with Gasteiger partial charge in [0.2, 0.25) is 5.88 Å². The van der Waals surface area contributed by atoms with Crippen molar-refractivity contribution in [2.24, 2.45) is 0 Å². The van der Waals surface area contributed by atoms with Crippen LogP contribution in [0, 0.1) is 0 Å². The lowest BCUT2D eigenvalue weighted by Crippen LogP contribution is -2.36. The Kier molecular flexibility index (Phi) is 8.12. The summed E-state index contributed by atoms with van der Waals surface area (Å²) in [6, 6.07) is 29.2. The largest absolute Gasteiger partial charge is 0.493 e. The molecule has 2 N–H and O–H groups in total. The lowest BCUT2D eigenvalue weighted by Gasteiger charge is -2.28. The maximum atomic E-state index is 12.6. The number of nitrogens with zero attached hydrogens (tertiary/aromatic N) is 4. The molecule has 3 heterocycles. The highest BCUT2D eigenvalue weighted by atomic mass is 35.5. The smallest absolute Gasteiger partial charge is 0.330 e. The van der Waals surface area contributed by atoms with E-state index in [0.29, 0.717) is 33.5 Å². The van der Waals surface area contributed by atoms with E-state index in [1.54, 1.807) is 30.3 Å². The van der Waals surface area contributed by atoms with E-state index >= 15 is 0 Å². The van der Waals surface area contributed by atoms with Gasteiger partial charge in [0.25, 0.3) is 0 Å². The molecule has 46 heavy (non-hydrogen) atoms. The number of rotatable bonds is 7. The molecule has 0 unspecified atom stereocenters. The molecule has 0 amide bonds. The van der Waals surface area contributed by atoms with Gasteiger partial charge in [0, 0.05) is 47.7 Å². The number of anilines is 2. The predicted molar refractivity (Wildman–Crippen MR) is 182 cm³/mol. The fourth-order valence-electron chi connectivity index (χ4n) is 5.66. The molecule has 2 aliphatic heterocycles. The number of hydrogen-bond donors (Lipinski definition) is 2. The summed E-state index contributed by atoms with van der Waals surface area (Å²) in [5, 5.41) is 10.8. The summed E-state index contributed by atoms with van der Waals surface area (Å²) in [4.78, 5) is 7.31. The van der Waals surface area contributed by atoms with Gasteiger partial charge in [-0.25, -0.2) is 14.0 Å². The summed E-state index contributed by atoms with van der Waals surface area (Å²) in [5.74, 6) is 0.270. The highest BCUT2D eigenvalue weighted by Gasteiger charge is 2.29. The highest BCUT2D eigenvalue weighted by molar-refractivity contribution is 7.91. The van der Waals surface area contributed by atoms with Crippen LogP contribution in [0.2, 0.25) is 10.0 Å². The Morgan fingerprint density at radius 1 is 0.848 bits per heavy atom. The minimum absolute atomic E-state index is 0.351. The number of morpholine rings is 1. The van der Waals surface area contributed by atoms with Crippen molar-refractivity contribution in [3.8, 4) is 28.1 Å². The first-order valence-corrected chi connectivity index (χ1v) is 16.8. The SMILES string of the molecule is O=S1(=O)NC(O)=CN1c1cccc(-n2cc(-c3ccc(Cl)cc3Cl)nc2Cc2ccc(-c3ccc(N4CCOCC4)cc3)cc2)c1. The van der Waals surface area contributed by atoms with Gasteiger partial charge in [-0.1, -0.05) is 65.7 Å². The molecule has 0 atom stereocenters. The van der Waals surface area contributed by atoms with Crippen molar-refractivity contribution in [1.29, 1.82) is 0 Å². The molecule has 4 aromatic carbocycles. The van der Waals surface area contributed by atoms with Gasteiger partial charge in [-0.05, 0) is 65.2 Å².